The summed E-state index contributed by atoms with van der Waals surface area (Å²) in [5, 5.41) is 11.0. The van der Waals surface area contributed by atoms with Gasteiger partial charge in [-0.15, -0.1) is 0 Å². The number of hydrogen-bond donors (Lipinski definition) is 4. The highest BCUT2D eigenvalue weighted by Gasteiger charge is 2.59. The fourth-order valence-electron chi connectivity index (χ4n) is 3.89. The van der Waals surface area contributed by atoms with Crippen LogP contribution in [0.1, 0.15) is 32.8 Å². The molecule has 0 spiro atoms. The van der Waals surface area contributed by atoms with E-state index in [1.807, 2.05) is 0 Å². The molecule has 0 radical (unpaired) electrons. The first-order valence-electron chi connectivity index (χ1n) is 7.93. The van der Waals surface area contributed by atoms with E-state index in [0.717, 1.165) is 0 Å². The lowest BCUT2D eigenvalue weighted by molar-refractivity contribution is 0.199. The van der Waals surface area contributed by atoms with Crippen LogP contribution in [0.25, 0.3) is 0 Å². The number of halogens is 2. The molecular weight excluding hydrogens is 413 g/mol. The zero-order chi connectivity index (χ0) is 18.6. The molecule has 1 aromatic rings. The van der Waals surface area contributed by atoms with Crippen molar-refractivity contribution in [2.75, 3.05) is 6.54 Å². The molecule has 6 nitrogen and oxygen atoms in total. The van der Waals surface area contributed by atoms with Crippen molar-refractivity contribution in [1.82, 2.24) is 10.0 Å². The van der Waals surface area contributed by atoms with Crippen molar-refractivity contribution >= 4 is 38.0 Å². The largest absolute Gasteiger partial charge is 0.465 e. The van der Waals surface area contributed by atoms with Crippen molar-refractivity contribution in [3.63, 3.8) is 0 Å². The van der Waals surface area contributed by atoms with E-state index in [-0.39, 0.29) is 5.84 Å². The number of fused-ring (bicyclic) bond motifs is 1. The van der Waals surface area contributed by atoms with E-state index in [1.54, 1.807) is 32.9 Å². The first kappa shape index (κ1) is 18.5. The van der Waals surface area contributed by atoms with Crippen LogP contribution in [0.2, 0.25) is 0 Å². The zero-order valence-corrected chi connectivity index (χ0v) is 16.6. The van der Waals surface area contributed by atoms with E-state index in [1.165, 1.54) is 6.07 Å². The molecule has 138 valence electrons. The zero-order valence-electron chi connectivity index (χ0n) is 14.1. The molecule has 0 aliphatic carbocycles. The maximum atomic E-state index is 14.6. The Morgan fingerprint density at radius 2 is 2.16 bits per heavy atom. The second-order valence-corrected chi connectivity index (χ2v) is 11.4. The number of nitrogens with zero attached hydrogens (tertiary/aromatic N) is 1. The van der Waals surface area contributed by atoms with E-state index >= 15 is 0 Å². The summed E-state index contributed by atoms with van der Waals surface area (Å²) in [5.74, 6) is -0.363. The number of thiol groups is 1. The maximum Gasteiger partial charge on any atom is 0.410 e. The number of hydrogen-bond acceptors (Lipinski definition) is 3. The molecule has 0 bridgehead atoms. The van der Waals surface area contributed by atoms with Crippen LogP contribution in [0.3, 0.4) is 0 Å². The number of carbonyl (C=O) groups is 1. The number of carboxylic acid groups (broad SMARTS) is 1. The quantitative estimate of drug-likeness (QED) is 0.512. The average molecular weight is 434 g/mol. The molecule has 3 N–H and O–H groups in total. The van der Waals surface area contributed by atoms with Gasteiger partial charge in [-0.25, -0.2) is 9.18 Å². The minimum absolute atomic E-state index is 0.0934. The van der Waals surface area contributed by atoms with Gasteiger partial charge in [-0.2, -0.15) is 0 Å². The number of aliphatic imine (C=N–C) groups is 1. The van der Waals surface area contributed by atoms with Gasteiger partial charge in [0.1, 0.15) is 17.2 Å². The van der Waals surface area contributed by atoms with Gasteiger partial charge in [-0.1, -0.05) is 15.9 Å². The highest BCUT2D eigenvalue weighted by atomic mass is 79.9. The smallest absolute Gasteiger partial charge is 0.410 e. The van der Waals surface area contributed by atoms with Gasteiger partial charge < -0.3 is 5.11 Å². The Morgan fingerprint density at radius 1 is 1.48 bits per heavy atom. The monoisotopic (exact) mass is 433 g/mol. The third-order valence-electron chi connectivity index (χ3n) is 5.31. The molecular formula is C16H21BrFN3O3S. The molecule has 0 saturated carbocycles. The second-order valence-electron chi connectivity index (χ2n) is 7.09. The molecule has 1 aromatic carbocycles. The van der Waals surface area contributed by atoms with Crippen LogP contribution in [0, 0.1) is 5.82 Å². The van der Waals surface area contributed by atoms with Crippen LogP contribution < -0.4 is 10.0 Å². The highest BCUT2D eigenvalue weighted by molar-refractivity contribution is 9.10. The average Bonchev–Trinajstić information content (AvgIpc) is 2.92. The summed E-state index contributed by atoms with van der Waals surface area (Å²) in [4.78, 5) is 15.9. The van der Waals surface area contributed by atoms with Crippen molar-refractivity contribution in [1.29, 1.82) is 0 Å². The van der Waals surface area contributed by atoms with Gasteiger partial charge in [0.2, 0.25) is 0 Å². The van der Waals surface area contributed by atoms with Crippen LogP contribution in [-0.2, 0) is 15.7 Å². The molecule has 2 atom stereocenters. The van der Waals surface area contributed by atoms with E-state index in [9.17, 15) is 18.5 Å². The Hall–Kier alpha value is -1.32. The van der Waals surface area contributed by atoms with Crippen LogP contribution in [0.5, 0.6) is 0 Å². The summed E-state index contributed by atoms with van der Waals surface area (Å²) in [5.41, 5.74) is -0.837. The number of benzene rings is 1. The lowest BCUT2D eigenvalue weighted by Crippen LogP contribution is -2.65. The molecule has 25 heavy (non-hydrogen) atoms. The van der Waals surface area contributed by atoms with Crippen LogP contribution >= 0.6 is 15.9 Å². The number of rotatable bonds is 1. The Morgan fingerprint density at radius 3 is 2.80 bits per heavy atom. The molecule has 2 heterocycles. The van der Waals surface area contributed by atoms with E-state index < -0.39 is 37.6 Å². The summed E-state index contributed by atoms with van der Waals surface area (Å²) < 4.78 is 31.3. The Bertz CT molecular complexity index is 829. The van der Waals surface area contributed by atoms with Crippen molar-refractivity contribution < 1.29 is 18.5 Å². The molecule has 9 heteroatoms. The van der Waals surface area contributed by atoms with Crippen LogP contribution in [-0.4, -0.2) is 37.8 Å². The SMILES string of the molecule is CC1(C)C(NC(=O)O)=N[C@](C)(c2cc(Br)ccc2F)[C@@H]2CCN[SH]21=O. The molecule has 0 aromatic heterocycles. The summed E-state index contributed by atoms with van der Waals surface area (Å²) in [6, 6.07) is 4.54. The number of nitrogens with one attached hydrogen (secondary N) is 2. The molecule has 1 saturated heterocycles. The van der Waals surface area contributed by atoms with Gasteiger partial charge in [0.15, 0.2) is 0 Å². The molecule has 0 unspecified atom stereocenters. The van der Waals surface area contributed by atoms with Crippen LogP contribution in [0.4, 0.5) is 9.18 Å². The topological polar surface area (TPSA) is 90.8 Å². The maximum absolute atomic E-state index is 14.6. The Labute approximate surface area is 155 Å². The molecule has 1 amide bonds. The lowest BCUT2D eigenvalue weighted by atomic mass is 9.86. The fourth-order valence-corrected chi connectivity index (χ4v) is 7.93. The minimum atomic E-state index is -3.10. The summed E-state index contributed by atoms with van der Waals surface area (Å²) in [6.45, 7) is 5.67. The van der Waals surface area contributed by atoms with Crippen LogP contribution in [0.15, 0.2) is 27.7 Å². The van der Waals surface area contributed by atoms with Gasteiger partial charge in [-0.3, -0.25) is 19.2 Å². The third kappa shape index (κ3) is 2.63. The predicted octanol–water partition coefficient (Wildman–Crippen LogP) is 2.56. The van der Waals surface area contributed by atoms with Gasteiger partial charge in [0, 0.05) is 16.6 Å². The normalized spacial score (nSPS) is 30.9. The third-order valence-corrected chi connectivity index (χ3v) is 10.0. The van der Waals surface area contributed by atoms with Crippen molar-refractivity contribution in [2.45, 2.75) is 42.7 Å². The van der Waals surface area contributed by atoms with Gasteiger partial charge >= 0.3 is 6.09 Å². The highest BCUT2D eigenvalue weighted by Crippen LogP contribution is 2.49. The standard InChI is InChI=1S/C16H21BrFN3O3S/c1-15(2)13(20-14(22)23)21-16(3,12-6-7-19-25(12,15)24)10-8-9(17)4-5-11(10)18/h4-5,8,12,25H,6-7H2,1-3H3,(H,19,24)(H,20,21)(H,22,23)/t12-,16+/m0/s1. The van der Waals surface area contributed by atoms with Crippen molar-refractivity contribution in [2.24, 2.45) is 4.99 Å². The number of amidine groups is 1. The molecule has 1 fully saturated rings. The van der Waals surface area contributed by atoms with E-state index in [4.69, 9.17) is 0 Å². The van der Waals surface area contributed by atoms with E-state index in [0.29, 0.717) is 23.0 Å². The van der Waals surface area contributed by atoms with Gasteiger partial charge in [0.25, 0.3) is 0 Å². The van der Waals surface area contributed by atoms with Gasteiger partial charge in [-0.05, 0) is 55.5 Å². The molecule has 3 rings (SSSR count). The first-order valence-corrected chi connectivity index (χ1v) is 10.5. The fraction of sp³-hybridized carbons (Fsp3) is 0.500. The van der Waals surface area contributed by atoms with Crippen molar-refractivity contribution in [3.8, 4) is 0 Å². The van der Waals surface area contributed by atoms with Crippen molar-refractivity contribution in [3.05, 3.63) is 34.1 Å². The Balaban J connectivity index is 2.29. The lowest BCUT2D eigenvalue weighted by Gasteiger charge is -2.51. The number of amides is 1. The Kier molecular flexibility index (Phi) is 4.32. The second kappa shape index (κ2) is 5.85. The summed E-state index contributed by atoms with van der Waals surface area (Å²) in [6.07, 6.45) is -0.708. The van der Waals surface area contributed by atoms with Gasteiger partial charge in [0.05, 0.1) is 10.00 Å². The summed E-state index contributed by atoms with van der Waals surface area (Å²) in [7, 11) is -3.10. The molecule has 2 aliphatic rings. The first-order chi connectivity index (χ1) is 11.5. The summed E-state index contributed by atoms with van der Waals surface area (Å²) >= 11 is 3.34. The minimum Gasteiger partial charge on any atom is -0.465 e. The van der Waals surface area contributed by atoms with E-state index in [2.05, 4.69) is 31.0 Å². The predicted molar refractivity (Wildman–Crippen MR) is 100 cm³/mol. The molecule has 2 aliphatic heterocycles.